The highest BCUT2D eigenvalue weighted by Crippen LogP contribution is 2.13. The average molecular weight is 253 g/mol. The summed E-state index contributed by atoms with van der Waals surface area (Å²) in [6, 6.07) is 0. The molecule has 0 aliphatic rings. The molecule has 6 heteroatoms. The van der Waals surface area contributed by atoms with E-state index in [0.717, 1.165) is 0 Å². The second-order valence-electron chi connectivity index (χ2n) is 3.84. The van der Waals surface area contributed by atoms with Crippen LogP contribution in [0.5, 0.6) is 0 Å². The van der Waals surface area contributed by atoms with Gasteiger partial charge in [-0.1, -0.05) is 20.3 Å². The van der Waals surface area contributed by atoms with Crippen LogP contribution in [0.15, 0.2) is 0 Å². The largest absolute Gasteiger partial charge is 0.395 e. The average Bonchev–Trinajstić information content (AvgIpc) is 2.33. The molecule has 0 aromatic rings. The number of hydrogen-bond donors (Lipinski definition) is 5. The van der Waals surface area contributed by atoms with Crippen molar-refractivity contribution >= 4 is 0 Å². The molecule has 0 heterocycles. The first-order valence-electron chi connectivity index (χ1n) is 5.91. The van der Waals surface area contributed by atoms with E-state index in [-0.39, 0.29) is 26.3 Å². The van der Waals surface area contributed by atoms with Gasteiger partial charge in [0, 0.05) is 13.1 Å². The SMILES string of the molecule is CCC.OCCN(CCO)C(CO)(CO)CO. The lowest BCUT2D eigenvalue weighted by Crippen LogP contribution is -2.58. The van der Waals surface area contributed by atoms with Gasteiger partial charge < -0.3 is 25.5 Å². The van der Waals surface area contributed by atoms with E-state index in [1.807, 2.05) is 0 Å². The fourth-order valence-corrected chi connectivity index (χ4v) is 1.28. The predicted octanol–water partition coefficient (Wildman–Crippen LogP) is -1.59. The van der Waals surface area contributed by atoms with E-state index in [2.05, 4.69) is 13.8 Å². The van der Waals surface area contributed by atoms with Crippen molar-refractivity contribution in [2.75, 3.05) is 46.1 Å². The van der Waals surface area contributed by atoms with E-state index >= 15 is 0 Å². The molecule has 0 aromatic carbocycles. The third-order valence-corrected chi connectivity index (χ3v) is 2.29. The monoisotopic (exact) mass is 253 g/mol. The molecule has 0 aliphatic carbocycles. The zero-order chi connectivity index (χ0) is 13.7. The van der Waals surface area contributed by atoms with E-state index in [4.69, 9.17) is 25.5 Å². The van der Waals surface area contributed by atoms with Crippen molar-refractivity contribution in [3.63, 3.8) is 0 Å². The van der Waals surface area contributed by atoms with Crippen molar-refractivity contribution in [2.45, 2.75) is 25.8 Å². The Morgan fingerprint density at radius 2 is 1.06 bits per heavy atom. The van der Waals surface area contributed by atoms with Crippen molar-refractivity contribution in [2.24, 2.45) is 0 Å². The molecular formula is C11H27NO5. The minimum atomic E-state index is -1.18. The molecule has 0 unspecified atom stereocenters. The highest BCUT2D eigenvalue weighted by Gasteiger charge is 2.34. The summed E-state index contributed by atoms with van der Waals surface area (Å²) in [5.41, 5.74) is -1.18. The van der Waals surface area contributed by atoms with Crippen LogP contribution in [0.1, 0.15) is 20.3 Å². The molecule has 0 bridgehead atoms. The first-order valence-corrected chi connectivity index (χ1v) is 5.91. The van der Waals surface area contributed by atoms with E-state index in [9.17, 15) is 0 Å². The van der Waals surface area contributed by atoms with Gasteiger partial charge in [-0.25, -0.2) is 0 Å². The van der Waals surface area contributed by atoms with Crippen molar-refractivity contribution < 1.29 is 25.5 Å². The Morgan fingerprint density at radius 3 is 1.24 bits per heavy atom. The fraction of sp³-hybridized carbons (Fsp3) is 1.00. The van der Waals surface area contributed by atoms with Crippen molar-refractivity contribution in [3.8, 4) is 0 Å². The molecule has 17 heavy (non-hydrogen) atoms. The number of nitrogens with zero attached hydrogens (tertiary/aromatic N) is 1. The van der Waals surface area contributed by atoms with Gasteiger partial charge in [0.15, 0.2) is 0 Å². The summed E-state index contributed by atoms with van der Waals surface area (Å²) in [4.78, 5) is 1.47. The topological polar surface area (TPSA) is 104 Å². The highest BCUT2D eigenvalue weighted by molar-refractivity contribution is 4.89. The van der Waals surface area contributed by atoms with Gasteiger partial charge in [0.2, 0.25) is 0 Å². The summed E-state index contributed by atoms with van der Waals surface area (Å²) < 4.78 is 0. The Labute approximate surface area is 103 Å². The zero-order valence-electron chi connectivity index (χ0n) is 10.8. The number of β-amino-alcohol motifs (C(OH)–C–C–N with tert-alkyl or cyclic N) is 2. The number of aliphatic hydroxyl groups is 5. The smallest absolute Gasteiger partial charge is 0.0908 e. The summed E-state index contributed by atoms with van der Waals surface area (Å²) in [5, 5.41) is 44.7. The maximum absolute atomic E-state index is 9.08. The third kappa shape index (κ3) is 6.92. The molecule has 0 atom stereocenters. The van der Waals surface area contributed by atoms with Crippen molar-refractivity contribution in [3.05, 3.63) is 0 Å². The van der Waals surface area contributed by atoms with Gasteiger partial charge in [-0.2, -0.15) is 0 Å². The van der Waals surface area contributed by atoms with Gasteiger partial charge in [0.05, 0.1) is 38.6 Å². The maximum Gasteiger partial charge on any atom is 0.0908 e. The zero-order valence-corrected chi connectivity index (χ0v) is 10.8. The first-order chi connectivity index (χ1) is 8.12. The molecule has 0 saturated heterocycles. The summed E-state index contributed by atoms with van der Waals surface area (Å²) in [6.07, 6.45) is 1.25. The van der Waals surface area contributed by atoms with Crippen molar-refractivity contribution in [1.82, 2.24) is 4.90 Å². The molecular weight excluding hydrogens is 226 g/mol. The highest BCUT2D eigenvalue weighted by atomic mass is 16.3. The van der Waals surface area contributed by atoms with Crippen LogP contribution in [0, 0.1) is 0 Å². The van der Waals surface area contributed by atoms with Crippen molar-refractivity contribution in [1.29, 1.82) is 0 Å². The maximum atomic E-state index is 9.08. The van der Waals surface area contributed by atoms with Gasteiger partial charge >= 0.3 is 0 Å². The Hall–Kier alpha value is -0.240. The van der Waals surface area contributed by atoms with Gasteiger partial charge in [-0.05, 0) is 0 Å². The molecule has 0 aromatic heterocycles. The van der Waals surface area contributed by atoms with Crippen LogP contribution in [-0.2, 0) is 0 Å². The minimum absolute atomic E-state index is 0.165. The fourth-order valence-electron chi connectivity index (χ4n) is 1.28. The molecule has 0 rings (SSSR count). The van der Waals surface area contributed by atoms with Crippen LogP contribution in [0.4, 0.5) is 0 Å². The number of hydrogen-bond acceptors (Lipinski definition) is 6. The summed E-state index contributed by atoms with van der Waals surface area (Å²) in [5.74, 6) is 0. The number of aliphatic hydroxyl groups excluding tert-OH is 5. The molecule has 0 radical (unpaired) electrons. The third-order valence-electron chi connectivity index (χ3n) is 2.29. The lowest BCUT2D eigenvalue weighted by atomic mass is 10.0. The normalized spacial score (nSPS) is 11.3. The van der Waals surface area contributed by atoms with Gasteiger partial charge in [0.1, 0.15) is 0 Å². The second kappa shape index (κ2) is 12.2. The molecule has 0 aliphatic heterocycles. The summed E-state index contributed by atoms with van der Waals surface area (Å²) >= 11 is 0. The Morgan fingerprint density at radius 1 is 0.765 bits per heavy atom. The lowest BCUT2D eigenvalue weighted by Gasteiger charge is -2.39. The Kier molecular flexibility index (Phi) is 13.7. The van der Waals surface area contributed by atoms with Crippen LogP contribution < -0.4 is 0 Å². The summed E-state index contributed by atoms with van der Waals surface area (Å²) in [7, 11) is 0. The first kappa shape index (κ1) is 19.1. The summed E-state index contributed by atoms with van der Waals surface area (Å²) in [6.45, 7) is 2.99. The molecule has 106 valence electrons. The van der Waals surface area contributed by atoms with Gasteiger partial charge in [-0.15, -0.1) is 0 Å². The standard InChI is InChI=1S/C8H19NO5.C3H8/c10-3-1-9(2-4-11)8(5-12,6-13)7-14;1-3-2/h10-14H,1-7H2;3H2,1-2H3. The quantitative estimate of drug-likeness (QED) is 0.357. The number of rotatable bonds is 8. The molecule has 0 saturated carbocycles. The molecule has 6 nitrogen and oxygen atoms in total. The molecule has 0 fully saturated rings. The van der Waals surface area contributed by atoms with Crippen LogP contribution in [-0.4, -0.2) is 82.1 Å². The molecule has 0 spiro atoms. The van der Waals surface area contributed by atoms with Crippen LogP contribution >= 0.6 is 0 Å². The Balaban J connectivity index is 0. The van der Waals surface area contributed by atoms with E-state index in [1.54, 1.807) is 0 Å². The predicted molar refractivity (Wildman–Crippen MR) is 65.7 cm³/mol. The van der Waals surface area contributed by atoms with Gasteiger partial charge in [0.25, 0.3) is 0 Å². The Bertz CT molecular complexity index is 139. The lowest BCUT2D eigenvalue weighted by molar-refractivity contribution is -0.0578. The van der Waals surface area contributed by atoms with E-state index in [0.29, 0.717) is 0 Å². The van der Waals surface area contributed by atoms with Crippen LogP contribution in [0.3, 0.4) is 0 Å². The van der Waals surface area contributed by atoms with E-state index in [1.165, 1.54) is 11.3 Å². The van der Waals surface area contributed by atoms with Gasteiger partial charge in [-0.3, -0.25) is 4.90 Å². The van der Waals surface area contributed by atoms with Crippen LogP contribution in [0.25, 0.3) is 0 Å². The molecule has 5 N–H and O–H groups in total. The molecule has 0 amide bonds. The van der Waals surface area contributed by atoms with Crippen LogP contribution in [0.2, 0.25) is 0 Å². The minimum Gasteiger partial charge on any atom is -0.395 e. The van der Waals surface area contributed by atoms with E-state index < -0.39 is 25.4 Å². The second-order valence-corrected chi connectivity index (χ2v) is 3.84.